The van der Waals surface area contributed by atoms with Gasteiger partial charge in [-0.15, -0.1) is 0 Å². The number of carbonyl (C=O) groups excluding carboxylic acids is 3. The smallest absolute Gasteiger partial charge is 0.344 e. The number of hydroxylamine groups is 1. The Morgan fingerprint density at radius 2 is 1.83 bits per heavy atom. The molecular formula is C26H23N3O7. The Morgan fingerprint density at radius 1 is 1.06 bits per heavy atom. The molecule has 0 saturated carbocycles. The van der Waals surface area contributed by atoms with Gasteiger partial charge >= 0.3 is 5.97 Å². The summed E-state index contributed by atoms with van der Waals surface area (Å²) in [6.07, 6.45) is 0. The predicted molar refractivity (Wildman–Crippen MR) is 127 cm³/mol. The lowest BCUT2D eigenvalue weighted by Crippen LogP contribution is -2.30. The second kappa shape index (κ2) is 10.7. The molecule has 0 aromatic heterocycles. The zero-order valence-electron chi connectivity index (χ0n) is 19.1. The molecule has 0 atom stereocenters. The zero-order valence-corrected chi connectivity index (χ0v) is 19.1. The fourth-order valence-electron chi connectivity index (χ4n) is 3.75. The molecule has 1 amide bonds. The number of nitrogens with zero attached hydrogens (tertiary/aromatic N) is 1. The molecule has 10 nitrogen and oxygen atoms in total. The van der Waals surface area contributed by atoms with Gasteiger partial charge in [0, 0.05) is 23.7 Å². The average Bonchev–Trinajstić information content (AvgIpc) is 3.20. The summed E-state index contributed by atoms with van der Waals surface area (Å²) in [5.41, 5.74) is 4.03. The molecule has 3 aromatic rings. The molecule has 36 heavy (non-hydrogen) atoms. The molecule has 0 aliphatic carbocycles. The number of ketones is 1. The van der Waals surface area contributed by atoms with Crippen LogP contribution in [0.3, 0.4) is 0 Å². The molecule has 1 heterocycles. The largest absolute Gasteiger partial charge is 0.507 e. The van der Waals surface area contributed by atoms with Gasteiger partial charge in [0.1, 0.15) is 23.9 Å². The first-order chi connectivity index (χ1) is 17.4. The molecule has 10 heteroatoms. The van der Waals surface area contributed by atoms with E-state index in [0.717, 1.165) is 5.56 Å². The monoisotopic (exact) mass is 489 g/mol. The minimum absolute atomic E-state index is 0.00436. The van der Waals surface area contributed by atoms with Crippen LogP contribution in [-0.2, 0) is 22.7 Å². The Kier molecular flexibility index (Phi) is 7.26. The van der Waals surface area contributed by atoms with Crippen LogP contribution < -0.4 is 10.2 Å². The predicted octanol–water partition coefficient (Wildman–Crippen LogP) is 2.66. The fraction of sp³-hybridized carbons (Fsp3) is 0.154. The second-order valence-electron chi connectivity index (χ2n) is 8.06. The maximum atomic E-state index is 12.8. The third-order valence-electron chi connectivity index (χ3n) is 5.59. The fourth-order valence-corrected chi connectivity index (χ4v) is 3.75. The Balaban J connectivity index is 1.32. The lowest BCUT2D eigenvalue weighted by molar-refractivity contribution is -0.147. The molecule has 0 saturated heterocycles. The van der Waals surface area contributed by atoms with E-state index < -0.39 is 11.8 Å². The third kappa shape index (κ3) is 5.50. The number of benzene rings is 3. The number of hydrogen-bond donors (Lipinski definition) is 4. The van der Waals surface area contributed by atoms with Crippen molar-refractivity contribution in [3.63, 3.8) is 0 Å². The van der Waals surface area contributed by atoms with E-state index in [9.17, 15) is 19.5 Å². The number of Topliss-reactive ketones (excluding diaryl/α,β-unsaturated/α-hetero) is 1. The number of carbonyl (C=O) groups is 3. The van der Waals surface area contributed by atoms with Gasteiger partial charge in [-0.25, -0.2) is 4.79 Å². The summed E-state index contributed by atoms with van der Waals surface area (Å²) in [5.74, 6) is -1.79. The van der Waals surface area contributed by atoms with Crippen LogP contribution in [0.25, 0.3) is 0 Å². The topological polar surface area (TPSA) is 149 Å². The standard InChI is InChI=1S/C26H23N3O7/c27-25(28-34)17-6-8-20-18(10-17)12-29(26(20)33)13-23(31)21-9-7-19(11-22(21)30)35-15-24(32)36-14-16-4-2-1-3-5-16/h1-11,30,34H,12-15H2,(H2,27,28). The molecular weight excluding hydrogens is 466 g/mol. The maximum Gasteiger partial charge on any atom is 0.344 e. The Bertz CT molecular complexity index is 1320. The summed E-state index contributed by atoms with van der Waals surface area (Å²) in [6.45, 7) is -0.369. The quantitative estimate of drug-likeness (QED) is 0.118. The highest BCUT2D eigenvalue weighted by atomic mass is 16.6. The van der Waals surface area contributed by atoms with E-state index >= 15 is 0 Å². The zero-order chi connectivity index (χ0) is 25.7. The minimum atomic E-state index is -0.585. The molecule has 0 fully saturated rings. The van der Waals surface area contributed by atoms with Crippen molar-refractivity contribution in [3.8, 4) is 11.5 Å². The Morgan fingerprint density at radius 3 is 2.56 bits per heavy atom. The number of hydrogen-bond acceptors (Lipinski definition) is 8. The van der Waals surface area contributed by atoms with Gasteiger partial charge < -0.3 is 19.5 Å². The first kappa shape index (κ1) is 24.4. The van der Waals surface area contributed by atoms with Gasteiger partial charge in [-0.2, -0.15) is 0 Å². The molecule has 1 aliphatic rings. The molecule has 0 bridgehead atoms. The Labute approximate surface area is 206 Å². The number of aromatic hydroxyl groups is 1. The van der Waals surface area contributed by atoms with Gasteiger partial charge in [0.2, 0.25) is 0 Å². The van der Waals surface area contributed by atoms with Gasteiger partial charge in [0.25, 0.3) is 5.91 Å². The Hall–Kier alpha value is -4.70. The minimum Gasteiger partial charge on any atom is -0.507 e. The molecule has 0 unspecified atom stereocenters. The number of rotatable bonds is 9. The molecule has 184 valence electrons. The van der Waals surface area contributed by atoms with Crippen molar-refractivity contribution in [2.45, 2.75) is 13.2 Å². The van der Waals surface area contributed by atoms with Crippen LogP contribution in [0.5, 0.6) is 11.5 Å². The van der Waals surface area contributed by atoms with Crippen LogP contribution in [0, 0.1) is 5.41 Å². The molecule has 0 spiro atoms. The highest BCUT2D eigenvalue weighted by Gasteiger charge is 2.30. The van der Waals surface area contributed by atoms with Gasteiger partial charge in [0.15, 0.2) is 12.4 Å². The van der Waals surface area contributed by atoms with E-state index in [1.165, 1.54) is 35.2 Å². The van der Waals surface area contributed by atoms with Gasteiger partial charge in [-0.05, 0) is 35.4 Å². The SMILES string of the molecule is N=C(NO)c1ccc2c(c1)CN(CC(=O)c1ccc(OCC(=O)OCc3ccccc3)cc1O)C2=O. The summed E-state index contributed by atoms with van der Waals surface area (Å²) in [5, 5.41) is 26.9. The van der Waals surface area contributed by atoms with E-state index in [1.54, 1.807) is 11.5 Å². The van der Waals surface area contributed by atoms with Crippen molar-refractivity contribution in [3.05, 3.63) is 94.5 Å². The average molecular weight is 489 g/mol. The van der Waals surface area contributed by atoms with Crippen LogP contribution >= 0.6 is 0 Å². The van der Waals surface area contributed by atoms with Crippen LogP contribution in [0.15, 0.2) is 66.7 Å². The summed E-state index contributed by atoms with van der Waals surface area (Å²) in [7, 11) is 0. The molecule has 4 rings (SSSR count). The van der Waals surface area contributed by atoms with Crippen molar-refractivity contribution >= 4 is 23.5 Å². The summed E-state index contributed by atoms with van der Waals surface area (Å²) >= 11 is 0. The van der Waals surface area contributed by atoms with Crippen LogP contribution in [-0.4, -0.2) is 51.9 Å². The highest BCUT2D eigenvalue weighted by molar-refractivity contribution is 6.06. The van der Waals surface area contributed by atoms with Crippen molar-refractivity contribution in [2.75, 3.05) is 13.2 Å². The summed E-state index contributed by atoms with van der Waals surface area (Å²) in [6, 6.07) is 17.9. The van der Waals surface area contributed by atoms with Gasteiger partial charge in [-0.1, -0.05) is 36.4 Å². The number of ether oxygens (including phenoxy) is 2. The number of amidine groups is 1. The summed E-state index contributed by atoms with van der Waals surface area (Å²) < 4.78 is 10.5. The first-order valence-corrected chi connectivity index (χ1v) is 11.0. The molecule has 3 aromatic carbocycles. The number of phenolic OH excluding ortho intramolecular Hbond substituents is 1. The van der Waals surface area contributed by atoms with Crippen molar-refractivity contribution in [2.24, 2.45) is 0 Å². The number of fused-ring (bicyclic) bond motifs is 1. The number of amides is 1. The van der Waals surface area contributed by atoms with E-state index in [1.807, 2.05) is 30.3 Å². The first-order valence-electron chi connectivity index (χ1n) is 11.0. The highest BCUT2D eigenvalue weighted by Crippen LogP contribution is 2.27. The molecule has 4 N–H and O–H groups in total. The van der Waals surface area contributed by atoms with E-state index in [0.29, 0.717) is 16.7 Å². The summed E-state index contributed by atoms with van der Waals surface area (Å²) in [4.78, 5) is 38.7. The number of nitrogens with one attached hydrogen (secondary N) is 2. The number of esters is 1. The maximum absolute atomic E-state index is 12.8. The lowest BCUT2D eigenvalue weighted by Gasteiger charge is -2.15. The van der Waals surface area contributed by atoms with Crippen molar-refractivity contribution in [1.82, 2.24) is 10.4 Å². The molecule has 1 aliphatic heterocycles. The third-order valence-corrected chi connectivity index (χ3v) is 5.59. The van der Waals surface area contributed by atoms with Crippen LogP contribution in [0.1, 0.15) is 37.4 Å². The van der Waals surface area contributed by atoms with Gasteiger partial charge in [-0.3, -0.25) is 25.7 Å². The van der Waals surface area contributed by atoms with Crippen molar-refractivity contribution < 1.29 is 34.2 Å². The van der Waals surface area contributed by atoms with Gasteiger partial charge in [0.05, 0.1) is 12.1 Å². The van der Waals surface area contributed by atoms with Crippen molar-refractivity contribution in [1.29, 1.82) is 5.41 Å². The lowest BCUT2D eigenvalue weighted by atomic mass is 10.1. The van der Waals surface area contributed by atoms with E-state index in [2.05, 4.69) is 0 Å². The van der Waals surface area contributed by atoms with Crippen LogP contribution in [0.2, 0.25) is 0 Å². The number of phenols is 1. The second-order valence-corrected chi connectivity index (χ2v) is 8.06. The van der Waals surface area contributed by atoms with E-state index in [-0.39, 0.29) is 55.1 Å². The van der Waals surface area contributed by atoms with E-state index in [4.69, 9.17) is 20.1 Å². The normalized spacial score (nSPS) is 12.1. The molecule has 0 radical (unpaired) electrons. The van der Waals surface area contributed by atoms with Crippen LogP contribution in [0.4, 0.5) is 0 Å².